The van der Waals surface area contributed by atoms with E-state index in [-0.39, 0.29) is 17.9 Å². The van der Waals surface area contributed by atoms with Gasteiger partial charge in [0.2, 0.25) is 5.91 Å². The predicted octanol–water partition coefficient (Wildman–Crippen LogP) is 2.12. The van der Waals surface area contributed by atoms with Crippen LogP contribution in [0.3, 0.4) is 0 Å². The number of primary amides is 1. The molecule has 0 aromatic carbocycles. The Hall–Kier alpha value is -1.52. The highest BCUT2D eigenvalue weighted by Crippen LogP contribution is 2.30. The van der Waals surface area contributed by atoms with E-state index in [1.54, 1.807) is 0 Å². The van der Waals surface area contributed by atoms with E-state index in [2.05, 4.69) is 35.3 Å². The third-order valence-electron chi connectivity index (χ3n) is 3.47. The summed E-state index contributed by atoms with van der Waals surface area (Å²) in [5.74, 6) is 0.457. The van der Waals surface area contributed by atoms with Crippen molar-refractivity contribution in [3.63, 3.8) is 0 Å². The van der Waals surface area contributed by atoms with Crippen LogP contribution in [-0.4, -0.2) is 25.0 Å². The SMILES string of the molecule is CC1=CC(C)CC(C(NCCCN=[N+]=[N-])C(N)=O)C1. The van der Waals surface area contributed by atoms with Crippen LogP contribution in [0.1, 0.15) is 33.1 Å². The zero-order valence-electron chi connectivity index (χ0n) is 11.7. The molecule has 0 aromatic heterocycles. The van der Waals surface area contributed by atoms with Crippen molar-refractivity contribution < 1.29 is 4.79 Å². The van der Waals surface area contributed by atoms with Crippen LogP contribution in [0, 0.1) is 11.8 Å². The first-order chi connectivity index (χ1) is 9.04. The lowest BCUT2D eigenvalue weighted by Crippen LogP contribution is -2.48. The first kappa shape index (κ1) is 15.5. The van der Waals surface area contributed by atoms with E-state index in [4.69, 9.17) is 11.3 Å². The molecule has 6 nitrogen and oxygen atoms in total. The number of amides is 1. The molecule has 3 N–H and O–H groups in total. The van der Waals surface area contributed by atoms with Crippen LogP contribution in [0.15, 0.2) is 16.8 Å². The first-order valence-electron chi connectivity index (χ1n) is 6.75. The molecule has 0 fully saturated rings. The second-order valence-corrected chi connectivity index (χ2v) is 5.33. The van der Waals surface area contributed by atoms with Gasteiger partial charge in [0.1, 0.15) is 0 Å². The summed E-state index contributed by atoms with van der Waals surface area (Å²) in [4.78, 5) is 14.3. The minimum atomic E-state index is -0.296. The normalized spacial score (nSPS) is 24.2. The van der Waals surface area contributed by atoms with Gasteiger partial charge in [0, 0.05) is 11.5 Å². The van der Waals surface area contributed by atoms with E-state index in [0.717, 1.165) is 12.8 Å². The molecule has 0 spiro atoms. The van der Waals surface area contributed by atoms with Gasteiger partial charge < -0.3 is 11.1 Å². The van der Waals surface area contributed by atoms with Gasteiger partial charge in [0.25, 0.3) is 0 Å². The number of carbonyl (C=O) groups is 1. The van der Waals surface area contributed by atoms with Crippen LogP contribution >= 0.6 is 0 Å². The minimum Gasteiger partial charge on any atom is -0.368 e. The second-order valence-electron chi connectivity index (χ2n) is 5.33. The number of carbonyl (C=O) groups excluding carboxylic acids is 1. The lowest BCUT2D eigenvalue weighted by molar-refractivity contribution is -0.121. The molecule has 3 atom stereocenters. The van der Waals surface area contributed by atoms with E-state index < -0.39 is 0 Å². The topological polar surface area (TPSA) is 104 Å². The number of nitrogens with one attached hydrogen (secondary N) is 1. The van der Waals surface area contributed by atoms with Gasteiger partial charge in [-0.2, -0.15) is 0 Å². The molecule has 0 saturated carbocycles. The van der Waals surface area contributed by atoms with E-state index in [0.29, 0.717) is 25.4 Å². The van der Waals surface area contributed by atoms with Gasteiger partial charge in [-0.3, -0.25) is 4.79 Å². The molecule has 1 aliphatic rings. The maximum atomic E-state index is 11.6. The Balaban J connectivity index is 2.50. The summed E-state index contributed by atoms with van der Waals surface area (Å²) in [6.07, 6.45) is 4.87. The lowest BCUT2D eigenvalue weighted by Gasteiger charge is -2.31. The van der Waals surface area contributed by atoms with Crippen LogP contribution in [-0.2, 0) is 4.79 Å². The molecule has 1 amide bonds. The van der Waals surface area contributed by atoms with Gasteiger partial charge in [-0.15, -0.1) is 0 Å². The number of allylic oxidation sites excluding steroid dienone is 2. The highest BCUT2D eigenvalue weighted by molar-refractivity contribution is 5.80. The van der Waals surface area contributed by atoms with Gasteiger partial charge in [-0.1, -0.05) is 23.7 Å². The zero-order valence-corrected chi connectivity index (χ0v) is 11.7. The quantitative estimate of drug-likeness (QED) is 0.242. The average Bonchev–Trinajstić information content (AvgIpc) is 2.31. The summed E-state index contributed by atoms with van der Waals surface area (Å²) in [6.45, 7) is 5.34. The predicted molar refractivity (Wildman–Crippen MR) is 75.3 cm³/mol. The van der Waals surface area contributed by atoms with Crippen molar-refractivity contribution in [2.75, 3.05) is 13.1 Å². The average molecular weight is 265 g/mol. The molecule has 0 saturated heterocycles. The summed E-state index contributed by atoms with van der Waals surface area (Å²) in [5.41, 5.74) is 15.0. The highest BCUT2D eigenvalue weighted by Gasteiger charge is 2.29. The number of hydrogen-bond acceptors (Lipinski definition) is 3. The Bertz CT molecular complexity index is 386. The van der Waals surface area contributed by atoms with Gasteiger partial charge in [0.15, 0.2) is 0 Å². The van der Waals surface area contributed by atoms with Crippen LogP contribution < -0.4 is 11.1 Å². The van der Waals surface area contributed by atoms with Gasteiger partial charge >= 0.3 is 0 Å². The van der Waals surface area contributed by atoms with Crippen molar-refractivity contribution in [2.45, 2.75) is 39.2 Å². The van der Waals surface area contributed by atoms with E-state index in [1.165, 1.54) is 5.57 Å². The Labute approximate surface area is 114 Å². The summed E-state index contributed by atoms with van der Waals surface area (Å²) >= 11 is 0. The van der Waals surface area contributed by atoms with Crippen molar-refractivity contribution in [1.82, 2.24) is 5.32 Å². The fourth-order valence-corrected chi connectivity index (χ4v) is 2.80. The molecular formula is C13H23N5O. The van der Waals surface area contributed by atoms with Gasteiger partial charge in [-0.25, -0.2) is 0 Å². The standard InChI is InChI=1S/C13H23N5O/c1-9-6-10(2)8-11(7-9)12(13(14)19)16-4-3-5-17-18-15/h6,9,11-12,16H,3-5,7-8H2,1-2H3,(H2,14,19). The van der Waals surface area contributed by atoms with Gasteiger partial charge in [-0.05, 0) is 50.1 Å². The third-order valence-corrected chi connectivity index (χ3v) is 3.47. The smallest absolute Gasteiger partial charge is 0.234 e. The minimum absolute atomic E-state index is 0.261. The Kier molecular flexibility index (Phi) is 6.39. The maximum Gasteiger partial charge on any atom is 0.234 e. The van der Waals surface area contributed by atoms with E-state index >= 15 is 0 Å². The molecule has 1 aliphatic carbocycles. The molecule has 0 aromatic rings. The molecular weight excluding hydrogens is 242 g/mol. The molecule has 1 rings (SSSR count). The summed E-state index contributed by atoms with van der Waals surface area (Å²) in [7, 11) is 0. The third kappa shape index (κ3) is 5.32. The fraction of sp³-hybridized carbons (Fsp3) is 0.769. The Morgan fingerprint density at radius 3 is 3.05 bits per heavy atom. The van der Waals surface area contributed by atoms with Crippen molar-refractivity contribution in [2.24, 2.45) is 22.7 Å². The Morgan fingerprint density at radius 1 is 1.74 bits per heavy atom. The molecule has 0 bridgehead atoms. The maximum absolute atomic E-state index is 11.6. The van der Waals surface area contributed by atoms with Crippen molar-refractivity contribution >= 4 is 5.91 Å². The molecule has 0 heterocycles. The van der Waals surface area contributed by atoms with Gasteiger partial charge in [0.05, 0.1) is 6.04 Å². The zero-order chi connectivity index (χ0) is 14.3. The summed E-state index contributed by atoms with van der Waals surface area (Å²) in [5, 5.41) is 6.67. The van der Waals surface area contributed by atoms with Crippen LogP contribution in [0.25, 0.3) is 10.4 Å². The van der Waals surface area contributed by atoms with Crippen LogP contribution in [0.5, 0.6) is 0 Å². The van der Waals surface area contributed by atoms with Crippen molar-refractivity contribution in [3.05, 3.63) is 22.1 Å². The monoisotopic (exact) mass is 265 g/mol. The molecule has 6 heteroatoms. The van der Waals surface area contributed by atoms with Crippen LogP contribution in [0.2, 0.25) is 0 Å². The number of nitrogens with two attached hydrogens (primary N) is 1. The van der Waals surface area contributed by atoms with E-state index in [9.17, 15) is 4.79 Å². The number of azide groups is 1. The molecule has 19 heavy (non-hydrogen) atoms. The Morgan fingerprint density at radius 2 is 2.47 bits per heavy atom. The molecule has 0 aliphatic heterocycles. The first-order valence-corrected chi connectivity index (χ1v) is 6.75. The lowest BCUT2D eigenvalue weighted by atomic mass is 9.79. The fourth-order valence-electron chi connectivity index (χ4n) is 2.80. The molecule has 0 radical (unpaired) electrons. The summed E-state index contributed by atoms with van der Waals surface area (Å²) < 4.78 is 0. The van der Waals surface area contributed by atoms with Crippen LogP contribution in [0.4, 0.5) is 0 Å². The molecule has 3 unspecified atom stereocenters. The number of hydrogen-bond donors (Lipinski definition) is 2. The molecule has 106 valence electrons. The van der Waals surface area contributed by atoms with Crippen molar-refractivity contribution in [3.8, 4) is 0 Å². The van der Waals surface area contributed by atoms with E-state index in [1.807, 2.05) is 0 Å². The second kappa shape index (κ2) is 7.81. The number of rotatable bonds is 7. The largest absolute Gasteiger partial charge is 0.368 e. The number of nitrogens with zero attached hydrogens (tertiary/aromatic N) is 3. The van der Waals surface area contributed by atoms with Crippen molar-refractivity contribution in [1.29, 1.82) is 0 Å². The summed E-state index contributed by atoms with van der Waals surface area (Å²) in [6, 6.07) is -0.294. The highest BCUT2D eigenvalue weighted by atomic mass is 16.1.